The number of nitrogens with zero attached hydrogens (tertiary/aromatic N) is 4. The second-order valence-corrected chi connectivity index (χ2v) is 8.80. The molecular formula is C27H29N7O6. The summed E-state index contributed by atoms with van der Waals surface area (Å²) < 4.78 is 18.3. The molecule has 2 aromatic carbocycles. The van der Waals surface area contributed by atoms with Gasteiger partial charge in [0.25, 0.3) is 11.9 Å². The van der Waals surface area contributed by atoms with Crippen molar-refractivity contribution in [2.45, 2.75) is 25.9 Å². The molecule has 0 saturated heterocycles. The lowest BCUT2D eigenvalue weighted by Crippen LogP contribution is -2.18. The van der Waals surface area contributed by atoms with Crippen LogP contribution in [0.2, 0.25) is 0 Å². The molecule has 3 heterocycles. The molecule has 208 valence electrons. The van der Waals surface area contributed by atoms with Crippen molar-refractivity contribution in [3.63, 3.8) is 0 Å². The van der Waals surface area contributed by atoms with E-state index in [0.29, 0.717) is 49.1 Å². The van der Waals surface area contributed by atoms with Crippen LogP contribution >= 0.6 is 0 Å². The first-order valence-electron chi connectivity index (χ1n) is 12.3. The highest BCUT2D eigenvalue weighted by molar-refractivity contribution is 5.94. The van der Waals surface area contributed by atoms with Crippen molar-refractivity contribution < 1.29 is 24.1 Å². The zero-order valence-corrected chi connectivity index (χ0v) is 22.0. The van der Waals surface area contributed by atoms with Crippen LogP contribution in [-0.2, 0) is 22.6 Å². The summed E-state index contributed by atoms with van der Waals surface area (Å²) in [6.45, 7) is 2.32. The van der Waals surface area contributed by atoms with E-state index in [4.69, 9.17) is 35.3 Å². The van der Waals surface area contributed by atoms with Crippen molar-refractivity contribution in [1.82, 2.24) is 24.7 Å². The fourth-order valence-electron chi connectivity index (χ4n) is 4.18. The Bertz CT molecular complexity index is 1530. The van der Waals surface area contributed by atoms with Crippen LogP contribution in [0.3, 0.4) is 0 Å². The standard InChI is InChI=1S/C25H25N7O4.C2H4O2/c1-34-14-18-12-17(13-20-21(18)36-10-9-35-20)19(11-15-3-5-16(6-4-15)22(26)27)23-30-25(33)32(31-23)24-28-7-2-8-29-24;1-2(3)4/h2-8,12-13,19H,9-11,14H2,1H3,(H3,26,27)(H,30,31,33);1H3,(H,3,4). The molecule has 2 aromatic heterocycles. The predicted octanol–water partition coefficient (Wildman–Crippen LogP) is 2.02. The number of carboxylic acid groups (broad SMARTS) is 1. The zero-order chi connectivity index (χ0) is 28.6. The summed E-state index contributed by atoms with van der Waals surface area (Å²) in [4.78, 5) is 33.0. The third kappa shape index (κ3) is 6.69. The lowest BCUT2D eigenvalue weighted by molar-refractivity contribution is -0.134. The van der Waals surface area contributed by atoms with Crippen LogP contribution in [-0.4, -0.2) is 62.0 Å². The molecule has 5 N–H and O–H groups in total. The number of amidine groups is 1. The maximum absolute atomic E-state index is 12.8. The first-order valence-corrected chi connectivity index (χ1v) is 12.3. The number of nitrogens with one attached hydrogen (secondary N) is 2. The van der Waals surface area contributed by atoms with Crippen molar-refractivity contribution in [3.8, 4) is 17.4 Å². The second-order valence-electron chi connectivity index (χ2n) is 8.80. The minimum Gasteiger partial charge on any atom is -0.486 e. The Balaban J connectivity index is 0.000000867. The second kappa shape index (κ2) is 12.7. The van der Waals surface area contributed by atoms with Crippen LogP contribution in [0.15, 0.2) is 59.7 Å². The Kier molecular flexibility index (Phi) is 8.86. The number of nitrogen functional groups attached to an aromatic ring is 1. The Morgan fingerprint density at radius 2 is 1.88 bits per heavy atom. The zero-order valence-electron chi connectivity index (χ0n) is 22.0. The summed E-state index contributed by atoms with van der Waals surface area (Å²) in [6, 6.07) is 13.0. The van der Waals surface area contributed by atoms with Crippen molar-refractivity contribution in [1.29, 1.82) is 5.41 Å². The molecular weight excluding hydrogens is 518 g/mol. The molecule has 0 aliphatic carbocycles. The smallest absolute Gasteiger partial charge is 0.350 e. The Morgan fingerprint density at radius 3 is 2.52 bits per heavy atom. The summed E-state index contributed by atoms with van der Waals surface area (Å²) in [7, 11) is 1.62. The third-order valence-corrected chi connectivity index (χ3v) is 5.86. The van der Waals surface area contributed by atoms with Gasteiger partial charge in [-0.3, -0.25) is 15.2 Å². The number of aromatic amines is 1. The van der Waals surface area contributed by atoms with Gasteiger partial charge >= 0.3 is 5.69 Å². The Labute approximate surface area is 229 Å². The number of methoxy groups -OCH3 is 1. The molecule has 0 radical (unpaired) electrons. The molecule has 0 spiro atoms. The van der Waals surface area contributed by atoms with Gasteiger partial charge < -0.3 is 25.1 Å². The Hall–Kier alpha value is -5.04. The molecule has 0 bridgehead atoms. The molecule has 1 unspecified atom stereocenters. The number of nitrogens with two attached hydrogens (primary N) is 1. The molecule has 1 aliphatic rings. The van der Waals surface area contributed by atoms with Crippen molar-refractivity contribution >= 4 is 11.8 Å². The SMILES string of the molecule is CC(=O)O.COCc1cc(C(Cc2ccc(C(=N)N)cc2)c2nn(-c3ncccn3)c(=O)[nH]2)cc2c1OCCO2. The number of hydrogen-bond donors (Lipinski definition) is 4. The Morgan fingerprint density at radius 1 is 1.20 bits per heavy atom. The van der Waals surface area contributed by atoms with Gasteiger partial charge in [-0.2, -0.15) is 0 Å². The van der Waals surface area contributed by atoms with E-state index in [-0.39, 0.29) is 17.7 Å². The van der Waals surface area contributed by atoms with Crippen molar-refractivity contribution in [2.24, 2.45) is 5.73 Å². The molecule has 0 saturated carbocycles. The predicted molar refractivity (Wildman–Crippen MR) is 144 cm³/mol. The molecule has 0 amide bonds. The number of aliphatic carboxylic acids is 1. The molecule has 0 fully saturated rings. The number of carboxylic acids is 1. The van der Waals surface area contributed by atoms with Gasteiger partial charge in [0.2, 0.25) is 0 Å². The topological polar surface area (TPSA) is 191 Å². The van der Waals surface area contributed by atoms with E-state index in [0.717, 1.165) is 28.3 Å². The summed E-state index contributed by atoms with van der Waals surface area (Å²) in [5.41, 5.74) is 8.49. The van der Waals surface area contributed by atoms with Gasteiger partial charge in [-0.05, 0) is 35.7 Å². The largest absolute Gasteiger partial charge is 0.486 e. The highest BCUT2D eigenvalue weighted by Crippen LogP contribution is 2.39. The van der Waals surface area contributed by atoms with Gasteiger partial charge in [0.15, 0.2) is 11.5 Å². The first-order chi connectivity index (χ1) is 19.3. The molecule has 4 aromatic rings. The number of rotatable bonds is 8. The van der Waals surface area contributed by atoms with Crippen LogP contribution in [0.5, 0.6) is 11.5 Å². The molecule has 13 nitrogen and oxygen atoms in total. The van der Waals surface area contributed by atoms with Crippen LogP contribution in [0.25, 0.3) is 5.95 Å². The highest BCUT2D eigenvalue weighted by Gasteiger charge is 2.26. The van der Waals surface area contributed by atoms with Gasteiger partial charge in [-0.1, -0.05) is 24.3 Å². The summed E-state index contributed by atoms with van der Waals surface area (Å²) in [5, 5.41) is 19.6. The molecule has 40 heavy (non-hydrogen) atoms. The average molecular weight is 548 g/mol. The number of benzene rings is 2. The quantitative estimate of drug-likeness (QED) is 0.187. The van der Waals surface area contributed by atoms with Gasteiger partial charge in [0, 0.05) is 43.5 Å². The van der Waals surface area contributed by atoms with Crippen LogP contribution in [0.1, 0.15) is 40.9 Å². The van der Waals surface area contributed by atoms with E-state index in [9.17, 15) is 4.79 Å². The van der Waals surface area contributed by atoms with Crippen LogP contribution < -0.4 is 20.9 Å². The molecule has 1 aliphatic heterocycles. The normalized spacial score (nSPS) is 12.7. The average Bonchev–Trinajstić information content (AvgIpc) is 3.33. The first kappa shape index (κ1) is 28.0. The lowest BCUT2D eigenvalue weighted by Gasteiger charge is -2.24. The van der Waals surface area contributed by atoms with Gasteiger partial charge in [-0.25, -0.2) is 14.8 Å². The lowest BCUT2D eigenvalue weighted by atomic mass is 9.89. The van der Waals surface area contributed by atoms with Crippen LogP contribution in [0.4, 0.5) is 0 Å². The number of carbonyl (C=O) groups is 1. The minimum atomic E-state index is -0.833. The highest BCUT2D eigenvalue weighted by atomic mass is 16.6. The van der Waals surface area contributed by atoms with Gasteiger partial charge in [0.1, 0.15) is 24.9 Å². The van der Waals surface area contributed by atoms with Crippen molar-refractivity contribution in [3.05, 3.63) is 93.4 Å². The number of fused-ring (bicyclic) bond motifs is 1. The molecule has 1 atom stereocenters. The monoisotopic (exact) mass is 547 g/mol. The number of hydrogen-bond acceptors (Lipinski definition) is 9. The number of ether oxygens (including phenoxy) is 3. The summed E-state index contributed by atoms with van der Waals surface area (Å²) in [5.74, 6) is 0.723. The van der Waals surface area contributed by atoms with E-state index >= 15 is 0 Å². The summed E-state index contributed by atoms with van der Waals surface area (Å²) in [6.07, 6.45) is 3.61. The van der Waals surface area contributed by atoms with E-state index in [2.05, 4.69) is 20.1 Å². The van der Waals surface area contributed by atoms with E-state index < -0.39 is 11.7 Å². The number of aromatic nitrogens is 5. The number of H-pyrrole nitrogens is 1. The van der Waals surface area contributed by atoms with Crippen LogP contribution in [0, 0.1) is 5.41 Å². The van der Waals surface area contributed by atoms with Gasteiger partial charge in [-0.15, -0.1) is 9.78 Å². The molecule has 13 heteroatoms. The molecule has 5 rings (SSSR count). The minimum absolute atomic E-state index is 0.0000719. The van der Waals surface area contributed by atoms with Crippen molar-refractivity contribution in [2.75, 3.05) is 20.3 Å². The summed E-state index contributed by atoms with van der Waals surface area (Å²) >= 11 is 0. The maximum atomic E-state index is 12.8. The van der Waals surface area contributed by atoms with E-state index in [1.54, 1.807) is 37.7 Å². The van der Waals surface area contributed by atoms with E-state index in [1.807, 2.05) is 24.3 Å². The fourth-order valence-corrected chi connectivity index (χ4v) is 4.18. The van der Waals surface area contributed by atoms with Gasteiger partial charge in [0.05, 0.1) is 6.61 Å². The maximum Gasteiger partial charge on any atom is 0.350 e. The fraction of sp³-hybridized carbons (Fsp3) is 0.259. The van der Waals surface area contributed by atoms with E-state index in [1.165, 1.54) is 0 Å². The third-order valence-electron chi connectivity index (χ3n) is 5.86.